The quantitative estimate of drug-likeness (QED) is 0.907. The average Bonchev–Trinajstić information content (AvgIpc) is 2.67. The van der Waals surface area contributed by atoms with Crippen molar-refractivity contribution in [3.63, 3.8) is 0 Å². The molecule has 3 nitrogen and oxygen atoms in total. The molecule has 0 aliphatic rings. The second-order valence-corrected chi connectivity index (χ2v) is 6.12. The topological polar surface area (TPSA) is 29.9 Å². The van der Waals surface area contributed by atoms with Crippen LogP contribution in [0.4, 0.5) is 0 Å². The number of aromatic nitrogens is 2. The molecule has 2 rings (SSSR count). The summed E-state index contributed by atoms with van der Waals surface area (Å²) in [5.74, 6) is 0. The molecule has 0 amide bonds. The largest absolute Gasteiger partial charge is 0.310 e. The van der Waals surface area contributed by atoms with Gasteiger partial charge < -0.3 is 5.32 Å². The van der Waals surface area contributed by atoms with Crippen LogP contribution in [0.1, 0.15) is 25.1 Å². The van der Waals surface area contributed by atoms with Crippen molar-refractivity contribution < 1.29 is 0 Å². The van der Waals surface area contributed by atoms with Crippen molar-refractivity contribution in [1.82, 2.24) is 15.1 Å². The average molecular weight is 275 g/mol. The fourth-order valence-electron chi connectivity index (χ4n) is 1.80. The number of hydrogen-bond acceptors (Lipinski definition) is 3. The first-order valence-electron chi connectivity index (χ1n) is 6.55. The van der Waals surface area contributed by atoms with Crippen LogP contribution in [-0.2, 0) is 13.6 Å². The Bertz CT molecular complexity index is 529. The highest BCUT2D eigenvalue weighted by Crippen LogP contribution is 2.27. The summed E-state index contributed by atoms with van der Waals surface area (Å²) in [6.45, 7) is 7.27. The lowest BCUT2D eigenvalue weighted by atomic mass is 10.2. The highest BCUT2D eigenvalue weighted by atomic mass is 32.2. The summed E-state index contributed by atoms with van der Waals surface area (Å²) < 4.78 is 1.92. The smallest absolute Gasteiger partial charge is 0.0986 e. The Morgan fingerprint density at radius 2 is 1.95 bits per heavy atom. The number of benzene rings is 1. The number of hydrogen-bond donors (Lipinski definition) is 1. The van der Waals surface area contributed by atoms with Crippen LogP contribution in [0.25, 0.3) is 0 Å². The van der Waals surface area contributed by atoms with Gasteiger partial charge >= 0.3 is 0 Å². The minimum Gasteiger partial charge on any atom is -0.310 e. The Morgan fingerprint density at radius 3 is 2.47 bits per heavy atom. The second-order valence-electron chi connectivity index (χ2n) is 5.03. The van der Waals surface area contributed by atoms with Crippen molar-refractivity contribution in [2.75, 3.05) is 0 Å². The zero-order chi connectivity index (χ0) is 13.8. The molecule has 1 aromatic heterocycles. The molecule has 1 heterocycles. The van der Waals surface area contributed by atoms with E-state index < -0.39 is 0 Å². The number of aryl methyl sites for hydroxylation is 2. The number of rotatable bonds is 5. The van der Waals surface area contributed by atoms with E-state index in [0.717, 1.165) is 12.2 Å². The van der Waals surface area contributed by atoms with Crippen molar-refractivity contribution >= 4 is 11.8 Å². The minimum atomic E-state index is 0.520. The van der Waals surface area contributed by atoms with Gasteiger partial charge in [-0.25, -0.2) is 0 Å². The molecule has 4 heteroatoms. The van der Waals surface area contributed by atoms with E-state index in [9.17, 15) is 0 Å². The van der Waals surface area contributed by atoms with Crippen LogP contribution in [0, 0.1) is 6.92 Å². The molecule has 1 aromatic carbocycles. The molecule has 2 aromatic rings. The van der Waals surface area contributed by atoms with Crippen LogP contribution < -0.4 is 5.32 Å². The molecule has 0 atom stereocenters. The first-order valence-corrected chi connectivity index (χ1v) is 7.37. The van der Waals surface area contributed by atoms with E-state index in [1.54, 1.807) is 11.8 Å². The third-order valence-electron chi connectivity index (χ3n) is 2.82. The molecule has 19 heavy (non-hydrogen) atoms. The van der Waals surface area contributed by atoms with Crippen molar-refractivity contribution in [2.24, 2.45) is 7.05 Å². The van der Waals surface area contributed by atoms with E-state index in [0.29, 0.717) is 6.04 Å². The zero-order valence-corrected chi connectivity index (χ0v) is 12.8. The van der Waals surface area contributed by atoms with Gasteiger partial charge in [0.15, 0.2) is 0 Å². The van der Waals surface area contributed by atoms with Crippen LogP contribution in [0.5, 0.6) is 0 Å². The molecule has 0 aliphatic carbocycles. The van der Waals surface area contributed by atoms with E-state index in [4.69, 9.17) is 0 Å². The van der Waals surface area contributed by atoms with Crippen LogP contribution in [0.2, 0.25) is 0 Å². The Morgan fingerprint density at radius 1 is 1.26 bits per heavy atom. The monoisotopic (exact) mass is 275 g/mol. The van der Waals surface area contributed by atoms with Crippen molar-refractivity contribution in [3.8, 4) is 0 Å². The van der Waals surface area contributed by atoms with Gasteiger partial charge in [-0.2, -0.15) is 5.10 Å². The first-order chi connectivity index (χ1) is 9.04. The molecule has 0 aliphatic heterocycles. The van der Waals surface area contributed by atoms with Crippen LogP contribution >= 0.6 is 11.8 Å². The van der Waals surface area contributed by atoms with E-state index in [1.165, 1.54) is 15.5 Å². The van der Waals surface area contributed by atoms with Gasteiger partial charge in [-0.15, -0.1) is 0 Å². The lowest BCUT2D eigenvalue weighted by Crippen LogP contribution is -2.21. The highest BCUT2D eigenvalue weighted by Gasteiger charge is 2.04. The molecule has 102 valence electrons. The number of nitrogens with one attached hydrogen (secondary N) is 1. The highest BCUT2D eigenvalue weighted by molar-refractivity contribution is 7.99. The molecule has 0 spiro atoms. The van der Waals surface area contributed by atoms with Crippen LogP contribution in [-0.4, -0.2) is 15.8 Å². The molecule has 0 unspecified atom stereocenters. The summed E-state index contributed by atoms with van der Waals surface area (Å²) in [7, 11) is 1.98. The Hall–Kier alpha value is -1.26. The maximum atomic E-state index is 4.36. The Kier molecular flexibility index (Phi) is 4.66. The predicted octanol–water partition coefficient (Wildman–Crippen LogP) is 3.38. The summed E-state index contributed by atoms with van der Waals surface area (Å²) in [6.07, 6.45) is 0. The Balaban J connectivity index is 2.00. The van der Waals surface area contributed by atoms with Gasteiger partial charge in [0.25, 0.3) is 0 Å². The summed E-state index contributed by atoms with van der Waals surface area (Å²) in [6, 6.07) is 11.3. The summed E-state index contributed by atoms with van der Waals surface area (Å²) in [5, 5.41) is 8.95. The maximum absolute atomic E-state index is 4.36. The molecule has 1 N–H and O–H groups in total. The normalized spacial score (nSPS) is 11.2. The maximum Gasteiger partial charge on any atom is 0.0986 e. The molecule has 0 saturated heterocycles. The third kappa shape index (κ3) is 4.11. The SMILES string of the molecule is Cc1cc(Sc2ccc(CNC(C)C)cc2)n(C)n1. The fraction of sp³-hybridized carbons (Fsp3) is 0.400. The van der Waals surface area contributed by atoms with Gasteiger partial charge in [0.05, 0.1) is 10.7 Å². The molecular formula is C15H21N3S. The van der Waals surface area contributed by atoms with Gasteiger partial charge in [-0.05, 0) is 30.7 Å². The third-order valence-corrected chi connectivity index (χ3v) is 3.92. The van der Waals surface area contributed by atoms with Crippen LogP contribution in [0.15, 0.2) is 40.3 Å². The summed E-state index contributed by atoms with van der Waals surface area (Å²) in [5.41, 5.74) is 2.38. The molecule has 0 saturated carbocycles. The lowest BCUT2D eigenvalue weighted by molar-refractivity contribution is 0.588. The zero-order valence-electron chi connectivity index (χ0n) is 12.0. The van der Waals surface area contributed by atoms with Gasteiger partial charge in [-0.1, -0.05) is 37.7 Å². The molecule has 0 bridgehead atoms. The van der Waals surface area contributed by atoms with Crippen molar-refractivity contribution in [3.05, 3.63) is 41.6 Å². The van der Waals surface area contributed by atoms with E-state index >= 15 is 0 Å². The second kappa shape index (κ2) is 6.26. The fourth-order valence-corrected chi connectivity index (χ4v) is 2.72. The first kappa shape index (κ1) is 14.2. The standard InChI is InChI=1S/C15H21N3S/c1-11(2)16-10-13-5-7-14(8-6-13)19-15-9-12(3)17-18(15)4/h5-9,11,16H,10H2,1-4H3. The van der Waals surface area contributed by atoms with Crippen molar-refractivity contribution in [2.45, 2.75) is 43.3 Å². The Labute approximate surface area is 119 Å². The molecular weight excluding hydrogens is 254 g/mol. The van der Waals surface area contributed by atoms with Gasteiger partial charge in [0.1, 0.15) is 0 Å². The van der Waals surface area contributed by atoms with Crippen LogP contribution in [0.3, 0.4) is 0 Å². The molecule has 0 fully saturated rings. The van der Waals surface area contributed by atoms with E-state index in [1.807, 2.05) is 18.7 Å². The van der Waals surface area contributed by atoms with Gasteiger partial charge in [-0.3, -0.25) is 4.68 Å². The molecule has 0 radical (unpaired) electrons. The summed E-state index contributed by atoms with van der Waals surface area (Å²) in [4.78, 5) is 1.25. The summed E-state index contributed by atoms with van der Waals surface area (Å²) >= 11 is 1.75. The van der Waals surface area contributed by atoms with Gasteiger partial charge in [0, 0.05) is 24.5 Å². The van der Waals surface area contributed by atoms with Crippen molar-refractivity contribution in [1.29, 1.82) is 0 Å². The minimum absolute atomic E-state index is 0.520. The van der Waals surface area contributed by atoms with Gasteiger partial charge in [0.2, 0.25) is 0 Å². The van der Waals surface area contributed by atoms with E-state index in [-0.39, 0.29) is 0 Å². The lowest BCUT2D eigenvalue weighted by Gasteiger charge is -2.08. The number of nitrogens with zero attached hydrogens (tertiary/aromatic N) is 2. The van der Waals surface area contributed by atoms with E-state index in [2.05, 4.69) is 54.6 Å². The predicted molar refractivity (Wildman–Crippen MR) is 80.5 cm³/mol.